The average molecular weight is 374 g/mol. The standard InChI is InChI=1S/C19H20BrNO2/c1-19(2)13-9-11(20)7-8-15(13)21-17-12-5-4-6-16(22-3)18(12)23-10-14(17)19/h4-9,14,17,21H,10H2,1-3H3. The van der Waals surface area contributed by atoms with Gasteiger partial charge in [0.05, 0.1) is 19.8 Å². The fourth-order valence-corrected chi connectivity index (χ4v) is 4.29. The Kier molecular flexibility index (Phi) is 3.34. The Balaban J connectivity index is 1.86. The molecule has 2 unspecified atom stereocenters. The van der Waals surface area contributed by atoms with Gasteiger partial charge in [0.2, 0.25) is 0 Å². The second kappa shape index (κ2) is 5.17. The molecule has 0 fully saturated rings. The molecule has 2 aliphatic heterocycles. The predicted molar refractivity (Wildman–Crippen MR) is 95.5 cm³/mol. The fraction of sp³-hybridized carbons (Fsp3) is 0.368. The zero-order valence-electron chi connectivity index (χ0n) is 13.5. The molecule has 120 valence electrons. The van der Waals surface area contributed by atoms with E-state index in [-0.39, 0.29) is 11.5 Å². The van der Waals surface area contributed by atoms with Crippen molar-refractivity contribution in [2.45, 2.75) is 25.3 Å². The number of benzene rings is 2. The Labute approximate surface area is 145 Å². The van der Waals surface area contributed by atoms with Crippen LogP contribution in [0, 0.1) is 5.92 Å². The van der Waals surface area contributed by atoms with Crippen molar-refractivity contribution in [2.75, 3.05) is 19.0 Å². The normalized spacial score (nSPS) is 23.7. The summed E-state index contributed by atoms with van der Waals surface area (Å²) in [5.41, 5.74) is 3.75. The van der Waals surface area contributed by atoms with E-state index in [1.54, 1.807) is 7.11 Å². The smallest absolute Gasteiger partial charge is 0.166 e. The molecule has 2 heterocycles. The topological polar surface area (TPSA) is 30.5 Å². The van der Waals surface area contributed by atoms with Gasteiger partial charge in [-0.1, -0.05) is 41.9 Å². The fourth-order valence-electron chi connectivity index (χ4n) is 3.93. The van der Waals surface area contributed by atoms with Gasteiger partial charge in [-0.15, -0.1) is 0 Å². The van der Waals surface area contributed by atoms with Crippen LogP contribution in [-0.4, -0.2) is 13.7 Å². The van der Waals surface area contributed by atoms with Crippen molar-refractivity contribution in [3.63, 3.8) is 0 Å². The lowest BCUT2D eigenvalue weighted by Crippen LogP contribution is -2.46. The molecule has 1 N–H and O–H groups in total. The van der Waals surface area contributed by atoms with E-state index < -0.39 is 0 Å². The predicted octanol–water partition coefficient (Wildman–Crippen LogP) is 4.91. The monoisotopic (exact) mass is 373 g/mol. The van der Waals surface area contributed by atoms with Crippen molar-refractivity contribution in [2.24, 2.45) is 5.92 Å². The van der Waals surface area contributed by atoms with Gasteiger partial charge in [-0.2, -0.15) is 0 Å². The summed E-state index contributed by atoms with van der Waals surface area (Å²) in [4.78, 5) is 0. The van der Waals surface area contributed by atoms with E-state index in [1.807, 2.05) is 12.1 Å². The molecule has 2 aromatic carbocycles. The minimum Gasteiger partial charge on any atom is -0.493 e. The Morgan fingerprint density at radius 3 is 2.87 bits per heavy atom. The van der Waals surface area contributed by atoms with Gasteiger partial charge in [0, 0.05) is 27.1 Å². The van der Waals surface area contributed by atoms with E-state index in [0.29, 0.717) is 12.5 Å². The van der Waals surface area contributed by atoms with Crippen molar-refractivity contribution in [3.8, 4) is 11.5 Å². The van der Waals surface area contributed by atoms with Crippen molar-refractivity contribution < 1.29 is 9.47 Å². The first-order valence-electron chi connectivity index (χ1n) is 7.88. The minimum atomic E-state index is 0.0236. The summed E-state index contributed by atoms with van der Waals surface area (Å²) < 4.78 is 12.7. The van der Waals surface area contributed by atoms with E-state index in [9.17, 15) is 0 Å². The highest BCUT2D eigenvalue weighted by Crippen LogP contribution is 2.53. The third-order valence-corrected chi connectivity index (χ3v) is 5.78. The quantitative estimate of drug-likeness (QED) is 0.769. The molecular weight excluding hydrogens is 354 g/mol. The van der Waals surface area contributed by atoms with Crippen LogP contribution in [0.1, 0.15) is 31.0 Å². The van der Waals surface area contributed by atoms with Gasteiger partial charge < -0.3 is 14.8 Å². The molecule has 2 aromatic rings. The van der Waals surface area contributed by atoms with Crippen LogP contribution in [0.5, 0.6) is 11.5 Å². The number of fused-ring (bicyclic) bond motifs is 4. The third-order valence-electron chi connectivity index (χ3n) is 5.29. The molecule has 0 amide bonds. The summed E-state index contributed by atoms with van der Waals surface area (Å²) in [5, 5.41) is 3.73. The molecule has 0 aliphatic carbocycles. The molecule has 0 radical (unpaired) electrons. The van der Waals surface area contributed by atoms with E-state index in [1.165, 1.54) is 16.8 Å². The van der Waals surface area contributed by atoms with E-state index in [4.69, 9.17) is 9.47 Å². The van der Waals surface area contributed by atoms with Gasteiger partial charge in [-0.25, -0.2) is 0 Å². The van der Waals surface area contributed by atoms with Crippen molar-refractivity contribution >= 4 is 21.6 Å². The largest absolute Gasteiger partial charge is 0.493 e. The number of anilines is 1. The second-order valence-electron chi connectivity index (χ2n) is 6.83. The molecule has 0 saturated heterocycles. The van der Waals surface area contributed by atoms with Crippen LogP contribution in [-0.2, 0) is 5.41 Å². The molecule has 23 heavy (non-hydrogen) atoms. The summed E-state index contributed by atoms with van der Waals surface area (Å²) in [6.45, 7) is 5.31. The van der Waals surface area contributed by atoms with Crippen LogP contribution in [0.4, 0.5) is 5.69 Å². The van der Waals surface area contributed by atoms with Crippen LogP contribution in [0.15, 0.2) is 40.9 Å². The first-order chi connectivity index (χ1) is 11.0. The van der Waals surface area contributed by atoms with Crippen LogP contribution in [0.2, 0.25) is 0 Å². The van der Waals surface area contributed by atoms with Crippen molar-refractivity contribution in [1.82, 2.24) is 0 Å². The lowest BCUT2D eigenvalue weighted by molar-refractivity contribution is 0.131. The molecule has 4 heteroatoms. The maximum Gasteiger partial charge on any atom is 0.166 e. The van der Waals surface area contributed by atoms with Gasteiger partial charge in [0.1, 0.15) is 0 Å². The van der Waals surface area contributed by atoms with Crippen LogP contribution < -0.4 is 14.8 Å². The van der Waals surface area contributed by atoms with Gasteiger partial charge in [-0.3, -0.25) is 0 Å². The number of para-hydroxylation sites is 1. The number of ether oxygens (including phenoxy) is 2. The van der Waals surface area contributed by atoms with Crippen LogP contribution >= 0.6 is 15.9 Å². The number of methoxy groups -OCH3 is 1. The molecule has 0 spiro atoms. The lowest BCUT2D eigenvalue weighted by atomic mass is 9.65. The molecule has 3 nitrogen and oxygen atoms in total. The van der Waals surface area contributed by atoms with Crippen molar-refractivity contribution in [1.29, 1.82) is 0 Å². The molecule has 2 aliphatic rings. The Hall–Kier alpha value is -1.68. The summed E-state index contributed by atoms with van der Waals surface area (Å²) >= 11 is 3.60. The van der Waals surface area contributed by atoms with Crippen LogP contribution in [0.25, 0.3) is 0 Å². The molecule has 2 atom stereocenters. The van der Waals surface area contributed by atoms with E-state index in [0.717, 1.165) is 16.0 Å². The highest BCUT2D eigenvalue weighted by molar-refractivity contribution is 9.10. The molecule has 0 aromatic heterocycles. The first kappa shape index (κ1) is 14.9. The molecule has 0 saturated carbocycles. The number of hydrogen-bond acceptors (Lipinski definition) is 3. The third kappa shape index (κ3) is 2.15. The first-order valence-corrected chi connectivity index (χ1v) is 8.68. The summed E-state index contributed by atoms with van der Waals surface area (Å²) in [7, 11) is 1.69. The number of hydrogen-bond donors (Lipinski definition) is 1. The van der Waals surface area contributed by atoms with Crippen molar-refractivity contribution in [3.05, 3.63) is 52.0 Å². The maximum atomic E-state index is 6.12. The lowest BCUT2D eigenvalue weighted by Gasteiger charge is -2.48. The Morgan fingerprint density at radius 1 is 1.26 bits per heavy atom. The average Bonchev–Trinajstić information content (AvgIpc) is 2.55. The van der Waals surface area contributed by atoms with Gasteiger partial charge in [0.25, 0.3) is 0 Å². The summed E-state index contributed by atoms with van der Waals surface area (Å²) in [6.07, 6.45) is 0. The highest BCUT2D eigenvalue weighted by Gasteiger charge is 2.46. The zero-order valence-corrected chi connectivity index (χ0v) is 15.1. The zero-order chi connectivity index (χ0) is 16.2. The Morgan fingerprint density at radius 2 is 2.09 bits per heavy atom. The SMILES string of the molecule is COc1cccc2c1OCC1C2Nc2ccc(Br)cc2C1(C)C. The van der Waals surface area contributed by atoms with Gasteiger partial charge in [0.15, 0.2) is 11.5 Å². The van der Waals surface area contributed by atoms with E-state index >= 15 is 0 Å². The maximum absolute atomic E-state index is 6.12. The number of nitrogens with one attached hydrogen (secondary N) is 1. The highest BCUT2D eigenvalue weighted by atomic mass is 79.9. The molecule has 0 bridgehead atoms. The molecular formula is C19H20BrNO2. The second-order valence-corrected chi connectivity index (χ2v) is 7.75. The molecule has 4 rings (SSSR count). The minimum absolute atomic E-state index is 0.0236. The Bertz CT molecular complexity index is 772. The van der Waals surface area contributed by atoms with Crippen LogP contribution in [0.3, 0.4) is 0 Å². The number of rotatable bonds is 1. The van der Waals surface area contributed by atoms with Gasteiger partial charge in [-0.05, 0) is 29.8 Å². The summed E-state index contributed by atoms with van der Waals surface area (Å²) in [5.74, 6) is 2.05. The van der Waals surface area contributed by atoms with E-state index in [2.05, 4.69) is 59.4 Å². The van der Waals surface area contributed by atoms with Gasteiger partial charge >= 0.3 is 0 Å². The summed E-state index contributed by atoms with van der Waals surface area (Å²) in [6, 6.07) is 12.8. The number of halogens is 1.